The Morgan fingerprint density at radius 1 is 1.40 bits per heavy atom. The number of rotatable bonds is 8. The molecule has 0 saturated heterocycles. The third kappa shape index (κ3) is 5.69. The second-order valence-corrected chi connectivity index (χ2v) is 4.87. The normalized spacial score (nSPS) is 10.3. The van der Waals surface area contributed by atoms with Crippen molar-refractivity contribution in [3.05, 3.63) is 34.4 Å². The molecule has 1 aromatic rings. The molecule has 20 heavy (non-hydrogen) atoms. The number of carbonyl (C=O) groups is 1. The van der Waals surface area contributed by atoms with Gasteiger partial charge in [-0.05, 0) is 18.4 Å². The number of benzene rings is 1. The molecule has 0 heterocycles. The topological polar surface area (TPSA) is 81.5 Å². The van der Waals surface area contributed by atoms with Gasteiger partial charge in [-0.15, -0.1) is 0 Å². The van der Waals surface area contributed by atoms with E-state index in [0.717, 1.165) is 0 Å². The first-order valence-electron chi connectivity index (χ1n) is 6.63. The van der Waals surface area contributed by atoms with Gasteiger partial charge in [0, 0.05) is 19.0 Å². The van der Waals surface area contributed by atoms with Crippen molar-refractivity contribution in [3.8, 4) is 5.75 Å². The summed E-state index contributed by atoms with van der Waals surface area (Å²) in [6, 6.07) is 6.21. The number of hydrogen-bond donors (Lipinski definition) is 1. The van der Waals surface area contributed by atoms with E-state index >= 15 is 0 Å². The van der Waals surface area contributed by atoms with Crippen LogP contribution in [0.1, 0.15) is 26.7 Å². The molecule has 6 nitrogen and oxygen atoms in total. The molecule has 0 aliphatic carbocycles. The zero-order chi connectivity index (χ0) is 15.0. The van der Waals surface area contributed by atoms with Crippen molar-refractivity contribution < 1.29 is 14.5 Å². The summed E-state index contributed by atoms with van der Waals surface area (Å²) in [5.41, 5.74) is -0.0586. The Kier molecular flexibility index (Phi) is 6.49. The molecule has 0 fully saturated rings. The maximum Gasteiger partial charge on any atom is 0.310 e. The average molecular weight is 280 g/mol. The first-order valence-corrected chi connectivity index (χ1v) is 6.63. The van der Waals surface area contributed by atoms with Gasteiger partial charge in [0.05, 0.1) is 11.5 Å². The summed E-state index contributed by atoms with van der Waals surface area (Å²) in [6.45, 7) is 4.99. The molecule has 1 aromatic carbocycles. The highest BCUT2D eigenvalue weighted by molar-refractivity contribution is 5.75. The van der Waals surface area contributed by atoms with Gasteiger partial charge in [-0.1, -0.05) is 26.0 Å². The van der Waals surface area contributed by atoms with Crippen LogP contribution in [0.5, 0.6) is 5.75 Å². The molecule has 0 spiro atoms. The number of ether oxygens (including phenoxy) is 1. The minimum atomic E-state index is -0.481. The predicted molar refractivity (Wildman–Crippen MR) is 75.7 cm³/mol. The van der Waals surface area contributed by atoms with Gasteiger partial charge in [0.2, 0.25) is 5.91 Å². The first-order chi connectivity index (χ1) is 9.50. The number of nitro benzene ring substituents is 1. The van der Waals surface area contributed by atoms with Crippen molar-refractivity contribution in [1.29, 1.82) is 0 Å². The number of amides is 1. The van der Waals surface area contributed by atoms with Gasteiger partial charge in [0.25, 0.3) is 0 Å². The molecule has 0 atom stereocenters. The predicted octanol–water partition coefficient (Wildman–Crippen LogP) is 2.53. The Labute approximate surface area is 118 Å². The van der Waals surface area contributed by atoms with E-state index in [1.165, 1.54) is 6.07 Å². The summed E-state index contributed by atoms with van der Waals surface area (Å²) in [5, 5.41) is 13.6. The Hall–Kier alpha value is -2.11. The molecule has 1 rings (SSSR count). The lowest BCUT2D eigenvalue weighted by Gasteiger charge is -2.08. The fourth-order valence-electron chi connectivity index (χ4n) is 1.55. The Balaban J connectivity index is 2.31. The van der Waals surface area contributed by atoms with Crippen LogP contribution in [0.15, 0.2) is 24.3 Å². The number of nitro groups is 1. The largest absolute Gasteiger partial charge is 0.487 e. The van der Waals surface area contributed by atoms with E-state index in [9.17, 15) is 14.9 Å². The van der Waals surface area contributed by atoms with Gasteiger partial charge in [0.1, 0.15) is 0 Å². The van der Waals surface area contributed by atoms with E-state index in [-0.39, 0.29) is 24.0 Å². The first kappa shape index (κ1) is 15.9. The van der Waals surface area contributed by atoms with Gasteiger partial charge in [-0.25, -0.2) is 0 Å². The zero-order valence-corrected chi connectivity index (χ0v) is 11.8. The average Bonchev–Trinajstić information content (AvgIpc) is 2.41. The molecule has 0 bridgehead atoms. The smallest absolute Gasteiger partial charge is 0.310 e. The maximum absolute atomic E-state index is 11.5. The highest BCUT2D eigenvalue weighted by atomic mass is 16.6. The van der Waals surface area contributed by atoms with Gasteiger partial charge in [-0.2, -0.15) is 0 Å². The number of hydrogen-bond acceptors (Lipinski definition) is 4. The Bertz CT molecular complexity index is 460. The highest BCUT2D eigenvalue weighted by Gasteiger charge is 2.13. The summed E-state index contributed by atoms with van der Waals surface area (Å²) in [7, 11) is 0. The van der Waals surface area contributed by atoms with Crippen LogP contribution in [0.25, 0.3) is 0 Å². The zero-order valence-electron chi connectivity index (χ0n) is 11.8. The second-order valence-electron chi connectivity index (χ2n) is 4.87. The molecule has 0 saturated carbocycles. The van der Waals surface area contributed by atoms with Crippen LogP contribution in [0.3, 0.4) is 0 Å². The molecule has 0 unspecified atom stereocenters. The standard InChI is InChI=1S/C14H20N2O4/c1-11(2)10-15-14(17)8-5-9-20-13-7-4-3-6-12(13)16(18)19/h3-4,6-7,11H,5,8-10H2,1-2H3,(H,15,17). The van der Waals surface area contributed by atoms with Crippen molar-refractivity contribution in [3.63, 3.8) is 0 Å². The van der Waals surface area contributed by atoms with Crippen LogP contribution in [0, 0.1) is 16.0 Å². The van der Waals surface area contributed by atoms with Crippen molar-refractivity contribution >= 4 is 11.6 Å². The van der Waals surface area contributed by atoms with E-state index < -0.39 is 4.92 Å². The van der Waals surface area contributed by atoms with Crippen LogP contribution < -0.4 is 10.1 Å². The number of nitrogens with zero attached hydrogens (tertiary/aromatic N) is 1. The van der Waals surface area contributed by atoms with Gasteiger partial charge in [0.15, 0.2) is 5.75 Å². The van der Waals surface area contributed by atoms with Crippen LogP contribution in [-0.4, -0.2) is 24.0 Å². The lowest BCUT2D eigenvalue weighted by Crippen LogP contribution is -2.27. The molecule has 1 amide bonds. The van der Waals surface area contributed by atoms with E-state index in [4.69, 9.17) is 4.74 Å². The molecular formula is C14H20N2O4. The maximum atomic E-state index is 11.5. The molecular weight excluding hydrogens is 260 g/mol. The SMILES string of the molecule is CC(C)CNC(=O)CCCOc1ccccc1[N+](=O)[O-]. The van der Waals surface area contributed by atoms with Gasteiger partial charge in [-0.3, -0.25) is 14.9 Å². The van der Waals surface area contributed by atoms with E-state index in [1.54, 1.807) is 18.2 Å². The summed E-state index contributed by atoms with van der Waals surface area (Å²) >= 11 is 0. The molecule has 0 aliphatic heterocycles. The molecule has 1 N–H and O–H groups in total. The van der Waals surface area contributed by atoms with Crippen molar-refractivity contribution in [2.24, 2.45) is 5.92 Å². The molecule has 0 radical (unpaired) electrons. The van der Waals surface area contributed by atoms with Crippen molar-refractivity contribution in [2.45, 2.75) is 26.7 Å². The van der Waals surface area contributed by atoms with E-state index in [1.807, 2.05) is 13.8 Å². The van der Waals surface area contributed by atoms with Crippen LogP contribution >= 0.6 is 0 Å². The van der Waals surface area contributed by atoms with Gasteiger partial charge < -0.3 is 10.1 Å². The Morgan fingerprint density at radius 3 is 2.75 bits per heavy atom. The summed E-state index contributed by atoms with van der Waals surface area (Å²) < 4.78 is 5.35. The van der Waals surface area contributed by atoms with E-state index in [0.29, 0.717) is 25.3 Å². The monoisotopic (exact) mass is 280 g/mol. The summed E-state index contributed by atoms with van der Waals surface area (Å²) in [5.74, 6) is 0.632. The summed E-state index contributed by atoms with van der Waals surface area (Å²) in [4.78, 5) is 21.8. The lowest BCUT2D eigenvalue weighted by molar-refractivity contribution is -0.385. The van der Waals surface area contributed by atoms with Crippen LogP contribution in [0.2, 0.25) is 0 Å². The fraction of sp³-hybridized carbons (Fsp3) is 0.500. The molecule has 0 aromatic heterocycles. The molecule has 110 valence electrons. The minimum Gasteiger partial charge on any atom is -0.487 e. The fourth-order valence-corrected chi connectivity index (χ4v) is 1.55. The number of carbonyl (C=O) groups excluding carboxylic acids is 1. The second kappa shape index (κ2) is 8.14. The van der Waals surface area contributed by atoms with Crippen molar-refractivity contribution in [2.75, 3.05) is 13.2 Å². The molecule has 6 heteroatoms. The minimum absolute atomic E-state index is 0.0233. The number of para-hydroxylation sites is 2. The Morgan fingerprint density at radius 2 is 2.10 bits per heavy atom. The van der Waals surface area contributed by atoms with Gasteiger partial charge >= 0.3 is 5.69 Å². The van der Waals surface area contributed by atoms with Crippen molar-refractivity contribution in [1.82, 2.24) is 5.32 Å². The summed E-state index contributed by atoms with van der Waals surface area (Å²) in [6.07, 6.45) is 0.878. The van der Waals surface area contributed by atoms with Crippen LogP contribution in [0.4, 0.5) is 5.69 Å². The lowest BCUT2D eigenvalue weighted by atomic mass is 10.2. The third-order valence-corrected chi connectivity index (χ3v) is 2.58. The third-order valence-electron chi connectivity index (χ3n) is 2.58. The molecule has 0 aliphatic rings. The highest BCUT2D eigenvalue weighted by Crippen LogP contribution is 2.25. The van der Waals surface area contributed by atoms with E-state index in [2.05, 4.69) is 5.32 Å². The number of nitrogens with one attached hydrogen (secondary N) is 1. The van der Waals surface area contributed by atoms with Crippen LogP contribution in [-0.2, 0) is 4.79 Å². The quantitative estimate of drug-likeness (QED) is 0.450.